The summed E-state index contributed by atoms with van der Waals surface area (Å²) in [6, 6.07) is 4.31. The first-order valence-electron chi connectivity index (χ1n) is 6.95. The summed E-state index contributed by atoms with van der Waals surface area (Å²) in [7, 11) is 0. The first-order valence-corrected chi connectivity index (χ1v) is 6.95. The second-order valence-electron chi connectivity index (χ2n) is 4.34. The lowest BCUT2D eigenvalue weighted by Gasteiger charge is -2.21. The highest BCUT2D eigenvalue weighted by atomic mass is 19.4. The van der Waals surface area contributed by atoms with Crippen molar-refractivity contribution < 1.29 is 17.9 Å². The third-order valence-electron chi connectivity index (χ3n) is 2.72. The lowest BCUT2D eigenvalue weighted by atomic mass is 10.0. The van der Waals surface area contributed by atoms with Crippen LogP contribution >= 0.6 is 0 Å². The minimum atomic E-state index is -4.33. The first kappa shape index (κ1) is 18.1. The van der Waals surface area contributed by atoms with E-state index in [0.29, 0.717) is 18.8 Å². The molecule has 0 amide bonds. The Bertz CT molecular complexity index is 570. The van der Waals surface area contributed by atoms with E-state index in [1.54, 1.807) is 19.1 Å². The topological polar surface area (TPSA) is 21.3 Å². The van der Waals surface area contributed by atoms with Crippen molar-refractivity contribution in [1.29, 1.82) is 0 Å². The Hall–Kier alpha value is -1.95. The van der Waals surface area contributed by atoms with Crippen LogP contribution in [0, 0.1) is 23.7 Å². The minimum Gasteiger partial charge on any atom is -0.369 e. The van der Waals surface area contributed by atoms with E-state index in [9.17, 15) is 13.2 Å². The van der Waals surface area contributed by atoms with Crippen molar-refractivity contribution in [1.82, 2.24) is 5.32 Å². The van der Waals surface area contributed by atoms with Crippen LogP contribution in [-0.4, -0.2) is 25.9 Å². The Kier molecular flexibility index (Phi) is 7.52. The maximum absolute atomic E-state index is 12.9. The van der Waals surface area contributed by atoms with Gasteiger partial charge in [0.25, 0.3) is 0 Å². The summed E-state index contributed by atoms with van der Waals surface area (Å²) in [5.74, 6) is 10.8. The molecule has 0 saturated carbocycles. The van der Waals surface area contributed by atoms with Crippen molar-refractivity contribution in [2.75, 3.05) is 19.8 Å². The van der Waals surface area contributed by atoms with E-state index in [1.807, 2.05) is 6.92 Å². The molecule has 22 heavy (non-hydrogen) atoms. The van der Waals surface area contributed by atoms with Crippen LogP contribution in [0.1, 0.15) is 31.0 Å². The molecule has 0 aromatic heterocycles. The van der Waals surface area contributed by atoms with Gasteiger partial charge in [0.1, 0.15) is 12.6 Å². The Balaban J connectivity index is 2.77. The molecule has 1 rings (SSSR count). The highest BCUT2D eigenvalue weighted by Gasteiger charge is 2.39. The molecular formula is C17H18F3NO. The normalized spacial score (nSPS) is 11.9. The van der Waals surface area contributed by atoms with Gasteiger partial charge in [-0.1, -0.05) is 30.9 Å². The van der Waals surface area contributed by atoms with Gasteiger partial charge in [0.05, 0.1) is 0 Å². The van der Waals surface area contributed by atoms with E-state index in [4.69, 9.17) is 4.74 Å². The van der Waals surface area contributed by atoms with Gasteiger partial charge in [0, 0.05) is 12.2 Å². The van der Waals surface area contributed by atoms with Gasteiger partial charge in [-0.25, -0.2) is 0 Å². The van der Waals surface area contributed by atoms with Crippen LogP contribution in [0.4, 0.5) is 13.2 Å². The summed E-state index contributed by atoms with van der Waals surface area (Å²) in [6.07, 6.45) is -4.33. The van der Waals surface area contributed by atoms with Crippen molar-refractivity contribution in [3.63, 3.8) is 0 Å². The van der Waals surface area contributed by atoms with Gasteiger partial charge in [-0.15, -0.1) is 0 Å². The first-order chi connectivity index (χ1) is 10.5. The lowest BCUT2D eigenvalue weighted by molar-refractivity contribution is -0.157. The molecule has 0 radical (unpaired) electrons. The molecule has 0 aliphatic heterocycles. The van der Waals surface area contributed by atoms with E-state index < -0.39 is 12.2 Å². The van der Waals surface area contributed by atoms with Crippen LogP contribution in [0.15, 0.2) is 24.3 Å². The zero-order chi connectivity index (χ0) is 16.4. The van der Waals surface area contributed by atoms with Gasteiger partial charge in [-0.05, 0) is 43.0 Å². The third-order valence-corrected chi connectivity index (χ3v) is 2.72. The van der Waals surface area contributed by atoms with Crippen LogP contribution < -0.4 is 5.32 Å². The highest BCUT2D eigenvalue weighted by Crippen LogP contribution is 2.32. The summed E-state index contributed by atoms with van der Waals surface area (Å²) in [4.78, 5) is 0. The fraction of sp³-hybridized carbons (Fsp3) is 0.412. The Morgan fingerprint density at radius 3 is 2.36 bits per heavy atom. The molecule has 0 saturated heterocycles. The molecule has 0 fully saturated rings. The SMILES string of the molecule is CCNC(c1ccc(C#CC#CCOCC)cc1)C(F)(F)F. The monoisotopic (exact) mass is 309 g/mol. The molecule has 1 N–H and O–H groups in total. The lowest BCUT2D eigenvalue weighted by Crippen LogP contribution is -2.33. The maximum Gasteiger partial charge on any atom is 0.407 e. The van der Waals surface area contributed by atoms with Crippen LogP contribution in [0.2, 0.25) is 0 Å². The summed E-state index contributed by atoms with van der Waals surface area (Å²) in [6.45, 7) is 4.66. The molecule has 0 aliphatic rings. The molecule has 1 aromatic rings. The number of hydrogen-bond acceptors (Lipinski definition) is 2. The molecule has 0 heterocycles. The summed E-state index contributed by atoms with van der Waals surface area (Å²) >= 11 is 0. The van der Waals surface area contributed by atoms with Crippen LogP contribution in [0.5, 0.6) is 0 Å². The summed E-state index contributed by atoms with van der Waals surface area (Å²) in [5.41, 5.74) is 0.786. The standard InChI is InChI=1S/C17H18F3NO/c1-3-21-16(17(18,19)20)15-11-9-14(10-12-15)8-6-5-7-13-22-4-2/h9-12,16,21H,3-4,13H2,1-2H3. The molecule has 0 spiro atoms. The van der Waals surface area contributed by atoms with E-state index in [-0.39, 0.29) is 12.1 Å². The highest BCUT2D eigenvalue weighted by molar-refractivity contribution is 5.41. The Morgan fingerprint density at radius 1 is 1.14 bits per heavy atom. The number of hydrogen-bond donors (Lipinski definition) is 1. The second kappa shape index (κ2) is 9.15. The number of nitrogens with one attached hydrogen (secondary N) is 1. The van der Waals surface area contributed by atoms with Gasteiger partial charge in [0.2, 0.25) is 0 Å². The predicted octanol–water partition coefficient (Wildman–Crippen LogP) is 3.29. The fourth-order valence-corrected chi connectivity index (χ4v) is 1.72. The molecule has 118 valence electrons. The van der Waals surface area contributed by atoms with Crippen molar-refractivity contribution in [3.8, 4) is 23.7 Å². The quantitative estimate of drug-likeness (QED) is 0.666. The molecule has 1 atom stereocenters. The molecule has 0 bridgehead atoms. The van der Waals surface area contributed by atoms with Gasteiger partial charge < -0.3 is 10.1 Å². The van der Waals surface area contributed by atoms with Crippen LogP contribution in [-0.2, 0) is 4.74 Å². The van der Waals surface area contributed by atoms with Gasteiger partial charge >= 0.3 is 6.18 Å². The number of halogens is 3. The average molecular weight is 309 g/mol. The van der Waals surface area contributed by atoms with Crippen molar-refractivity contribution in [2.24, 2.45) is 0 Å². The molecule has 0 aliphatic carbocycles. The van der Waals surface area contributed by atoms with Gasteiger partial charge in [-0.2, -0.15) is 13.2 Å². The fourth-order valence-electron chi connectivity index (χ4n) is 1.72. The van der Waals surface area contributed by atoms with E-state index in [1.165, 1.54) is 12.1 Å². The minimum absolute atomic E-state index is 0.169. The van der Waals surface area contributed by atoms with Crippen molar-refractivity contribution >= 4 is 0 Å². The van der Waals surface area contributed by atoms with Crippen LogP contribution in [0.3, 0.4) is 0 Å². The number of alkyl halides is 3. The van der Waals surface area contributed by atoms with Crippen molar-refractivity contribution in [2.45, 2.75) is 26.1 Å². The molecule has 1 unspecified atom stereocenters. The predicted molar refractivity (Wildman–Crippen MR) is 80.1 cm³/mol. The summed E-state index contributed by atoms with van der Waals surface area (Å²) < 4.78 is 43.8. The van der Waals surface area contributed by atoms with Crippen LogP contribution in [0.25, 0.3) is 0 Å². The zero-order valence-corrected chi connectivity index (χ0v) is 12.6. The number of ether oxygens (including phenoxy) is 1. The number of rotatable bonds is 5. The number of benzene rings is 1. The van der Waals surface area contributed by atoms with Gasteiger partial charge in [0.15, 0.2) is 0 Å². The summed E-state index contributed by atoms with van der Waals surface area (Å²) in [5, 5.41) is 2.43. The van der Waals surface area contributed by atoms with Crippen molar-refractivity contribution in [3.05, 3.63) is 35.4 Å². The Labute approximate surface area is 129 Å². The second-order valence-corrected chi connectivity index (χ2v) is 4.34. The largest absolute Gasteiger partial charge is 0.407 e. The molecule has 1 aromatic carbocycles. The van der Waals surface area contributed by atoms with Gasteiger partial charge in [-0.3, -0.25) is 0 Å². The Morgan fingerprint density at radius 2 is 1.82 bits per heavy atom. The average Bonchev–Trinajstić information content (AvgIpc) is 2.48. The van der Waals surface area contributed by atoms with E-state index in [0.717, 1.165) is 0 Å². The van der Waals surface area contributed by atoms with E-state index >= 15 is 0 Å². The molecular weight excluding hydrogens is 291 g/mol. The maximum atomic E-state index is 12.9. The molecule has 2 nitrogen and oxygen atoms in total. The van der Waals surface area contributed by atoms with E-state index in [2.05, 4.69) is 29.0 Å². The zero-order valence-electron chi connectivity index (χ0n) is 12.6. The third kappa shape index (κ3) is 6.22. The smallest absolute Gasteiger partial charge is 0.369 e. The molecule has 5 heteroatoms.